The Balaban J connectivity index is 1.88. The van der Waals surface area contributed by atoms with Crippen molar-refractivity contribution >= 4 is 6.09 Å². The second kappa shape index (κ2) is 5.82. The van der Waals surface area contributed by atoms with Crippen molar-refractivity contribution in [2.45, 2.75) is 25.2 Å². The summed E-state index contributed by atoms with van der Waals surface area (Å²) in [6.45, 7) is -0.356. The van der Waals surface area contributed by atoms with E-state index in [-0.39, 0.29) is 19.6 Å². The van der Waals surface area contributed by atoms with E-state index in [1.54, 1.807) is 0 Å². The number of nitrogens with zero attached hydrogens (tertiary/aromatic N) is 1. The Morgan fingerprint density at radius 2 is 2.17 bits per heavy atom. The minimum Gasteiger partial charge on any atom is -0.445 e. The Labute approximate surface area is 105 Å². The van der Waals surface area contributed by atoms with Crippen molar-refractivity contribution in [3.63, 3.8) is 0 Å². The quantitative estimate of drug-likeness (QED) is 0.892. The average Bonchev–Trinajstić information content (AvgIpc) is 2.78. The molecule has 5 heteroatoms. The summed E-state index contributed by atoms with van der Waals surface area (Å²) in [5.74, 6) is 0. The number of amides is 1. The zero-order valence-electron chi connectivity index (χ0n) is 9.96. The van der Waals surface area contributed by atoms with E-state index in [1.165, 1.54) is 4.90 Å². The number of β-amino-alcohol motifs (C(OH)–C–C–N with tert-alkyl or cyclic N) is 1. The number of carbonyl (C=O) groups excluding carboxylic acids is 1. The molecule has 1 heterocycles. The van der Waals surface area contributed by atoms with E-state index < -0.39 is 24.9 Å². The first-order chi connectivity index (χ1) is 8.70. The van der Waals surface area contributed by atoms with Crippen LogP contribution in [0.3, 0.4) is 0 Å². The summed E-state index contributed by atoms with van der Waals surface area (Å²) >= 11 is 0. The van der Waals surface area contributed by atoms with Gasteiger partial charge in [-0.15, -0.1) is 0 Å². The molecule has 0 unspecified atom stereocenters. The van der Waals surface area contributed by atoms with Gasteiger partial charge in [-0.25, -0.2) is 9.18 Å². The first kappa shape index (κ1) is 12.8. The fourth-order valence-electron chi connectivity index (χ4n) is 2.06. The number of halogens is 1. The van der Waals surface area contributed by atoms with Gasteiger partial charge in [0, 0.05) is 0 Å². The summed E-state index contributed by atoms with van der Waals surface area (Å²) in [5.41, 5.74) is 0.877. The lowest BCUT2D eigenvalue weighted by Crippen LogP contribution is -2.37. The van der Waals surface area contributed by atoms with Crippen molar-refractivity contribution < 1.29 is 19.0 Å². The van der Waals surface area contributed by atoms with Gasteiger partial charge in [-0.05, 0) is 12.0 Å². The van der Waals surface area contributed by atoms with E-state index in [0.717, 1.165) is 5.56 Å². The standard InChI is InChI=1S/C13H16FNO3/c14-7-11-6-12(16)8-15(11)13(17)18-9-10-4-2-1-3-5-10/h1-5,11-12,16H,6-9H2/t11-,12-/m0/s1. The first-order valence-electron chi connectivity index (χ1n) is 5.92. The molecule has 1 aromatic carbocycles. The van der Waals surface area contributed by atoms with Gasteiger partial charge in [-0.1, -0.05) is 30.3 Å². The fraction of sp³-hybridized carbons (Fsp3) is 0.462. The van der Waals surface area contributed by atoms with Crippen molar-refractivity contribution in [2.75, 3.05) is 13.2 Å². The summed E-state index contributed by atoms with van der Waals surface area (Å²) in [7, 11) is 0. The van der Waals surface area contributed by atoms with Gasteiger partial charge in [0.1, 0.15) is 13.3 Å². The molecule has 1 amide bonds. The third-order valence-electron chi connectivity index (χ3n) is 3.01. The molecule has 2 atom stereocenters. The Bertz CT molecular complexity index is 398. The molecule has 1 saturated heterocycles. The van der Waals surface area contributed by atoms with Gasteiger partial charge in [0.15, 0.2) is 0 Å². The molecule has 0 aliphatic carbocycles. The smallest absolute Gasteiger partial charge is 0.410 e. The molecule has 1 N–H and O–H groups in total. The Morgan fingerprint density at radius 3 is 2.83 bits per heavy atom. The van der Waals surface area contributed by atoms with Gasteiger partial charge in [0.25, 0.3) is 0 Å². The molecular formula is C13H16FNO3. The molecule has 1 aliphatic rings. The van der Waals surface area contributed by atoms with Crippen LogP contribution in [-0.2, 0) is 11.3 Å². The Morgan fingerprint density at radius 1 is 1.44 bits per heavy atom. The fourth-order valence-corrected chi connectivity index (χ4v) is 2.06. The number of aliphatic hydroxyl groups is 1. The second-order valence-corrected chi connectivity index (χ2v) is 4.39. The van der Waals surface area contributed by atoms with Crippen LogP contribution < -0.4 is 0 Å². The second-order valence-electron chi connectivity index (χ2n) is 4.39. The van der Waals surface area contributed by atoms with Crippen LogP contribution in [-0.4, -0.2) is 41.5 Å². The number of alkyl halides is 1. The van der Waals surface area contributed by atoms with Crippen LogP contribution in [0.5, 0.6) is 0 Å². The van der Waals surface area contributed by atoms with Crippen molar-refractivity contribution in [3.8, 4) is 0 Å². The van der Waals surface area contributed by atoms with Crippen LogP contribution in [0.1, 0.15) is 12.0 Å². The van der Waals surface area contributed by atoms with E-state index >= 15 is 0 Å². The zero-order chi connectivity index (χ0) is 13.0. The first-order valence-corrected chi connectivity index (χ1v) is 5.92. The summed E-state index contributed by atoms with van der Waals surface area (Å²) < 4.78 is 17.8. The van der Waals surface area contributed by atoms with Crippen LogP contribution in [0.25, 0.3) is 0 Å². The molecule has 98 valence electrons. The number of hydrogen-bond acceptors (Lipinski definition) is 3. The van der Waals surface area contributed by atoms with Crippen molar-refractivity contribution in [3.05, 3.63) is 35.9 Å². The maximum atomic E-state index is 12.7. The largest absolute Gasteiger partial charge is 0.445 e. The number of likely N-dealkylation sites (tertiary alicyclic amines) is 1. The number of benzene rings is 1. The van der Waals surface area contributed by atoms with Crippen molar-refractivity contribution in [1.29, 1.82) is 0 Å². The van der Waals surface area contributed by atoms with Gasteiger partial charge in [0.05, 0.1) is 18.7 Å². The molecule has 1 fully saturated rings. The molecule has 1 aromatic rings. The zero-order valence-corrected chi connectivity index (χ0v) is 9.96. The monoisotopic (exact) mass is 253 g/mol. The molecular weight excluding hydrogens is 237 g/mol. The molecule has 0 bridgehead atoms. The lowest BCUT2D eigenvalue weighted by molar-refractivity contribution is 0.0842. The summed E-state index contributed by atoms with van der Waals surface area (Å²) in [6.07, 6.45) is -0.954. The number of ether oxygens (including phenoxy) is 1. The summed E-state index contributed by atoms with van der Waals surface area (Å²) in [4.78, 5) is 13.0. The van der Waals surface area contributed by atoms with Gasteiger partial charge in [-0.2, -0.15) is 0 Å². The van der Waals surface area contributed by atoms with E-state index in [1.807, 2.05) is 30.3 Å². The molecule has 0 saturated carbocycles. The molecule has 4 nitrogen and oxygen atoms in total. The van der Waals surface area contributed by atoms with Crippen molar-refractivity contribution in [2.24, 2.45) is 0 Å². The SMILES string of the molecule is O=C(OCc1ccccc1)N1C[C@@H](O)C[C@H]1CF. The summed E-state index contributed by atoms with van der Waals surface area (Å²) in [6, 6.07) is 8.71. The van der Waals surface area contributed by atoms with Gasteiger partial charge < -0.3 is 9.84 Å². The third kappa shape index (κ3) is 2.98. The van der Waals surface area contributed by atoms with E-state index in [4.69, 9.17) is 4.74 Å². The topological polar surface area (TPSA) is 49.8 Å². The highest BCUT2D eigenvalue weighted by atomic mass is 19.1. The number of carbonyl (C=O) groups is 1. The van der Waals surface area contributed by atoms with Crippen LogP contribution in [0.2, 0.25) is 0 Å². The Kier molecular flexibility index (Phi) is 4.15. The average molecular weight is 253 g/mol. The van der Waals surface area contributed by atoms with Crippen molar-refractivity contribution in [1.82, 2.24) is 4.90 Å². The maximum Gasteiger partial charge on any atom is 0.410 e. The predicted octanol–water partition coefficient (Wildman–Crippen LogP) is 1.73. The molecule has 0 spiro atoms. The summed E-state index contributed by atoms with van der Waals surface area (Å²) in [5, 5.41) is 9.42. The van der Waals surface area contributed by atoms with Crippen LogP contribution in [0.15, 0.2) is 30.3 Å². The van der Waals surface area contributed by atoms with E-state index in [2.05, 4.69) is 0 Å². The molecule has 0 radical (unpaired) electrons. The normalized spacial score (nSPS) is 23.1. The lowest BCUT2D eigenvalue weighted by Gasteiger charge is -2.21. The number of aliphatic hydroxyl groups excluding tert-OH is 1. The predicted molar refractivity (Wildman–Crippen MR) is 63.7 cm³/mol. The number of rotatable bonds is 3. The van der Waals surface area contributed by atoms with Gasteiger partial charge >= 0.3 is 6.09 Å². The lowest BCUT2D eigenvalue weighted by atomic mass is 10.2. The van der Waals surface area contributed by atoms with Crippen LogP contribution in [0.4, 0.5) is 9.18 Å². The van der Waals surface area contributed by atoms with Crippen LogP contribution >= 0.6 is 0 Å². The van der Waals surface area contributed by atoms with Gasteiger partial charge in [-0.3, -0.25) is 4.90 Å². The molecule has 18 heavy (non-hydrogen) atoms. The van der Waals surface area contributed by atoms with E-state index in [0.29, 0.717) is 0 Å². The Hall–Kier alpha value is -1.62. The molecule has 0 aromatic heterocycles. The van der Waals surface area contributed by atoms with Crippen LogP contribution in [0, 0.1) is 0 Å². The van der Waals surface area contributed by atoms with Gasteiger partial charge in [0.2, 0.25) is 0 Å². The maximum absolute atomic E-state index is 12.7. The third-order valence-corrected chi connectivity index (χ3v) is 3.01. The highest BCUT2D eigenvalue weighted by Crippen LogP contribution is 2.19. The molecule has 1 aliphatic heterocycles. The number of hydrogen-bond donors (Lipinski definition) is 1. The highest BCUT2D eigenvalue weighted by Gasteiger charge is 2.35. The molecule has 2 rings (SSSR count). The van der Waals surface area contributed by atoms with E-state index in [9.17, 15) is 14.3 Å². The minimum atomic E-state index is -0.657. The highest BCUT2D eigenvalue weighted by molar-refractivity contribution is 5.68. The minimum absolute atomic E-state index is 0.141.